The molecule has 22 heavy (non-hydrogen) atoms. The summed E-state index contributed by atoms with van der Waals surface area (Å²) >= 11 is 12.6. The summed E-state index contributed by atoms with van der Waals surface area (Å²) < 4.78 is 11.5. The van der Waals surface area contributed by atoms with E-state index in [0.29, 0.717) is 14.9 Å². The van der Waals surface area contributed by atoms with E-state index in [9.17, 15) is 4.21 Å². The maximum absolute atomic E-state index is 11.5. The Kier molecular flexibility index (Phi) is 4.81. The van der Waals surface area contributed by atoms with Crippen molar-refractivity contribution >= 4 is 43.9 Å². The van der Waals surface area contributed by atoms with E-state index in [1.54, 1.807) is 12.1 Å². The van der Waals surface area contributed by atoms with E-state index in [1.165, 1.54) is 0 Å². The Hall–Kier alpha value is -0.580. The predicted octanol–water partition coefficient (Wildman–Crippen LogP) is 4.83. The second-order valence-corrected chi connectivity index (χ2v) is 8.10. The van der Waals surface area contributed by atoms with Crippen LogP contribution in [0.4, 0.5) is 0 Å². The van der Waals surface area contributed by atoms with Crippen molar-refractivity contribution in [3.05, 3.63) is 63.1 Å². The minimum Gasteiger partial charge on any atom is -0.301 e. The van der Waals surface area contributed by atoms with Gasteiger partial charge in [0.25, 0.3) is 0 Å². The van der Waals surface area contributed by atoms with E-state index in [4.69, 9.17) is 33.9 Å². The van der Waals surface area contributed by atoms with Crippen molar-refractivity contribution in [2.75, 3.05) is 13.6 Å². The van der Waals surface area contributed by atoms with Crippen molar-refractivity contribution in [3.63, 3.8) is 0 Å². The Morgan fingerprint density at radius 3 is 2.73 bits per heavy atom. The van der Waals surface area contributed by atoms with Gasteiger partial charge in [-0.1, -0.05) is 35.3 Å². The summed E-state index contributed by atoms with van der Waals surface area (Å²) in [6.07, 6.45) is 0. The minimum atomic E-state index is -1.51. The molecule has 1 aliphatic heterocycles. The lowest BCUT2D eigenvalue weighted by Crippen LogP contribution is -2.31. The Morgan fingerprint density at radius 1 is 1.23 bits per heavy atom. The van der Waals surface area contributed by atoms with Crippen molar-refractivity contribution in [2.24, 2.45) is 0 Å². The van der Waals surface area contributed by atoms with Gasteiger partial charge in [-0.05, 0) is 58.7 Å². The van der Waals surface area contributed by atoms with E-state index in [-0.39, 0.29) is 5.92 Å². The number of hydrogen-bond donors (Lipinski definition) is 0. The highest BCUT2D eigenvalue weighted by atomic mass is 35.7. The summed E-state index contributed by atoms with van der Waals surface area (Å²) in [6.45, 7) is 1.64. The molecule has 2 nitrogen and oxygen atoms in total. The summed E-state index contributed by atoms with van der Waals surface area (Å²) in [5.41, 5.74) is 3.30. The average molecular weight is 375 g/mol. The lowest BCUT2D eigenvalue weighted by atomic mass is 9.85. The zero-order valence-electron chi connectivity index (χ0n) is 11.9. The maximum Gasteiger partial charge on any atom is 0.147 e. The monoisotopic (exact) mass is 373 g/mol. The van der Waals surface area contributed by atoms with Gasteiger partial charge >= 0.3 is 0 Å². The minimum absolute atomic E-state index is 0.130. The topological polar surface area (TPSA) is 20.3 Å². The van der Waals surface area contributed by atoms with Gasteiger partial charge in [0.1, 0.15) is 10.0 Å². The van der Waals surface area contributed by atoms with Gasteiger partial charge in [0.05, 0.1) is 4.90 Å². The van der Waals surface area contributed by atoms with Crippen molar-refractivity contribution < 1.29 is 4.21 Å². The largest absolute Gasteiger partial charge is 0.301 e. The van der Waals surface area contributed by atoms with Gasteiger partial charge in [-0.2, -0.15) is 0 Å². The lowest BCUT2D eigenvalue weighted by Gasteiger charge is -2.33. The van der Waals surface area contributed by atoms with E-state index in [2.05, 4.69) is 11.9 Å². The van der Waals surface area contributed by atoms with Crippen LogP contribution in [0.15, 0.2) is 41.3 Å². The second kappa shape index (κ2) is 6.50. The van der Waals surface area contributed by atoms with Gasteiger partial charge in [-0.15, -0.1) is 0 Å². The summed E-state index contributed by atoms with van der Waals surface area (Å²) in [7, 11) is 6.26. The van der Waals surface area contributed by atoms with Crippen LogP contribution < -0.4 is 0 Å². The van der Waals surface area contributed by atoms with E-state index in [1.807, 2.05) is 24.3 Å². The first-order chi connectivity index (χ1) is 10.5. The van der Waals surface area contributed by atoms with Crippen molar-refractivity contribution in [1.29, 1.82) is 0 Å². The van der Waals surface area contributed by atoms with Crippen LogP contribution in [0.2, 0.25) is 10.0 Å². The fourth-order valence-corrected chi connectivity index (χ4v) is 4.23. The highest BCUT2D eigenvalue weighted by Crippen LogP contribution is 2.38. The van der Waals surface area contributed by atoms with Crippen molar-refractivity contribution in [2.45, 2.75) is 17.4 Å². The maximum atomic E-state index is 11.5. The molecule has 1 aliphatic rings. The molecule has 2 atom stereocenters. The van der Waals surface area contributed by atoms with Crippen molar-refractivity contribution in [1.82, 2.24) is 4.90 Å². The number of halogens is 3. The van der Waals surface area contributed by atoms with Gasteiger partial charge < -0.3 is 4.90 Å². The number of benzene rings is 2. The van der Waals surface area contributed by atoms with E-state index < -0.39 is 10.0 Å². The number of rotatable bonds is 2. The van der Waals surface area contributed by atoms with Gasteiger partial charge in [0.15, 0.2) is 0 Å². The molecule has 0 aliphatic carbocycles. The molecule has 6 heteroatoms. The van der Waals surface area contributed by atoms with Crippen LogP contribution in [0.3, 0.4) is 0 Å². The average Bonchev–Trinajstić information content (AvgIpc) is 2.47. The first-order valence-electron chi connectivity index (χ1n) is 6.80. The Labute approximate surface area is 146 Å². The first-order valence-corrected chi connectivity index (χ1v) is 9.53. The normalized spacial score (nSPS) is 19.7. The molecule has 2 unspecified atom stereocenters. The molecular formula is C16H14Cl3NOS. The second-order valence-electron chi connectivity index (χ2n) is 5.50. The molecule has 116 valence electrons. The smallest absolute Gasteiger partial charge is 0.147 e. The third kappa shape index (κ3) is 3.19. The first kappa shape index (κ1) is 16.3. The van der Waals surface area contributed by atoms with Gasteiger partial charge in [-0.25, -0.2) is 4.21 Å². The predicted molar refractivity (Wildman–Crippen MR) is 93.3 cm³/mol. The zero-order valence-corrected chi connectivity index (χ0v) is 14.9. The fourth-order valence-electron chi connectivity index (χ4n) is 2.96. The molecule has 0 radical (unpaired) electrons. The fraction of sp³-hybridized carbons (Fsp3) is 0.250. The van der Waals surface area contributed by atoms with Crippen LogP contribution in [-0.2, 0) is 16.6 Å². The van der Waals surface area contributed by atoms with Crippen LogP contribution in [0, 0.1) is 0 Å². The summed E-state index contributed by atoms with van der Waals surface area (Å²) in [5, 5.41) is 1.33. The molecule has 1 heterocycles. The number of likely N-dealkylation sites (N-methyl/N-ethyl adjacent to an activating group) is 1. The Morgan fingerprint density at radius 2 is 2.00 bits per heavy atom. The van der Waals surface area contributed by atoms with Crippen LogP contribution >= 0.6 is 33.9 Å². The molecule has 2 aromatic rings. The number of hydrogen-bond acceptors (Lipinski definition) is 2. The number of fused-ring (bicyclic) bond motifs is 1. The molecule has 0 fully saturated rings. The van der Waals surface area contributed by atoms with Crippen LogP contribution in [0.25, 0.3) is 0 Å². The Balaban J connectivity index is 2.13. The molecule has 0 aromatic heterocycles. The molecule has 0 saturated heterocycles. The summed E-state index contributed by atoms with van der Waals surface area (Å²) in [5.74, 6) is 0.130. The highest BCUT2D eigenvalue weighted by Gasteiger charge is 2.27. The third-order valence-corrected chi connectivity index (χ3v) is 5.65. The summed E-state index contributed by atoms with van der Waals surface area (Å²) in [4.78, 5) is 2.83. The van der Waals surface area contributed by atoms with Crippen LogP contribution in [0.5, 0.6) is 0 Å². The van der Waals surface area contributed by atoms with E-state index >= 15 is 0 Å². The van der Waals surface area contributed by atoms with Gasteiger partial charge in [0, 0.05) is 29.1 Å². The van der Waals surface area contributed by atoms with Crippen molar-refractivity contribution in [3.8, 4) is 0 Å². The van der Waals surface area contributed by atoms with E-state index in [0.717, 1.165) is 29.8 Å². The standard InChI is InChI=1S/C16H14Cl3NOS/c1-20-8-14(10-3-2-4-12(5-10)22(19)21)13-6-11(17)7-16(18)15(13)9-20/h2-7,14H,8-9H2,1H3. The van der Waals surface area contributed by atoms with Gasteiger partial charge in [0.2, 0.25) is 0 Å². The molecule has 0 bridgehead atoms. The SMILES string of the molecule is CN1Cc2c(Cl)cc(Cl)cc2C(c2cccc(S(=O)Cl)c2)C1. The summed E-state index contributed by atoms with van der Waals surface area (Å²) in [6, 6.07) is 11.3. The molecule has 0 amide bonds. The molecule has 2 aromatic carbocycles. The quantitative estimate of drug-likeness (QED) is 0.702. The molecular weight excluding hydrogens is 361 g/mol. The third-order valence-electron chi connectivity index (χ3n) is 3.94. The van der Waals surface area contributed by atoms with Crippen LogP contribution in [0.1, 0.15) is 22.6 Å². The Bertz CT molecular complexity index is 750. The molecule has 0 saturated carbocycles. The molecule has 0 spiro atoms. The van der Waals surface area contributed by atoms with Crippen LogP contribution in [-0.4, -0.2) is 22.7 Å². The lowest BCUT2D eigenvalue weighted by molar-refractivity contribution is 0.295. The molecule has 0 N–H and O–H groups in total. The number of nitrogens with zero attached hydrogens (tertiary/aromatic N) is 1. The van der Waals surface area contributed by atoms with Gasteiger partial charge in [-0.3, -0.25) is 0 Å². The molecule has 3 rings (SSSR count). The highest BCUT2D eigenvalue weighted by molar-refractivity contribution is 8.08. The zero-order chi connectivity index (χ0) is 15.9.